The van der Waals surface area contributed by atoms with Gasteiger partial charge in [-0.1, -0.05) is 36.4 Å². The van der Waals surface area contributed by atoms with Crippen LogP contribution >= 0.6 is 11.8 Å². The zero-order valence-electron chi connectivity index (χ0n) is 15.1. The number of esters is 1. The average Bonchev–Trinajstić information content (AvgIpc) is 2.65. The van der Waals surface area contributed by atoms with E-state index in [9.17, 15) is 13.2 Å². The lowest BCUT2D eigenvalue weighted by Crippen LogP contribution is -2.41. The molecule has 0 amide bonds. The lowest BCUT2D eigenvalue weighted by Gasteiger charge is -2.23. The highest BCUT2D eigenvalue weighted by Crippen LogP contribution is 2.32. The van der Waals surface area contributed by atoms with E-state index in [4.69, 9.17) is 9.88 Å². The summed E-state index contributed by atoms with van der Waals surface area (Å²) in [6.45, 7) is -0.299. The minimum atomic E-state index is -4.21. The van der Waals surface area contributed by atoms with E-state index in [1.807, 2.05) is 36.6 Å². The number of benzene rings is 2. The van der Waals surface area contributed by atoms with Gasteiger partial charge < -0.3 is 9.47 Å². The van der Waals surface area contributed by atoms with E-state index < -0.39 is 22.7 Å². The molecule has 0 spiro atoms. The zero-order chi connectivity index (χ0) is 19.9. The summed E-state index contributed by atoms with van der Waals surface area (Å²) in [5.74, 6) is 0.323. The molecular weight excluding hydrogens is 388 g/mol. The standard InChI is InChI=1S/C18H22N2O5S2/c1-24-18(21)11-20(27(19,22)23)16-9-8-15(13-26-2)10-17(16)25-12-14-6-4-3-5-7-14/h3-10H,11-13H2,1-2H3,(H2,19,22,23). The van der Waals surface area contributed by atoms with Gasteiger partial charge in [0.2, 0.25) is 0 Å². The Morgan fingerprint density at radius 3 is 2.44 bits per heavy atom. The van der Waals surface area contributed by atoms with Crippen molar-refractivity contribution in [1.29, 1.82) is 0 Å². The molecule has 0 aliphatic heterocycles. The van der Waals surface area contributed by atoms with Crippen molar-refractivity contribution in [3.63, 3.8) is 0 Å². The molecule has 146 valence electrons. The number of ether oxygens (including phenoxy) is 2. The molecule has 0 radical (unpaired) electrons. The van der Waals surface area contributed by atoms with Crippen LogP contribution in [0.25, 0.3) is 0 Å². The number of nitrogens with zero attached hydrogens (tertiary/aromatic N) is 1. The molecule has 2 aromatic carbocycles. The molecule has 0 aromatic heterocycles. The Bertz CT molecular complexity index is 873. The molecule has 0 saturated heterocycles. The van der Waals surface area contributed by atoms with Crippen LogP contribution in [0.1, 0.15) is 11.1 Å². The Labute approximate surface area is 163 Å². The van der Waals surface area contributed by atoms with Crippen molar-refractivity contribution in [2.24, 2.45) is 5.14 Å². The van der Waals surface area contributed by atoms with Gasteiger partial charge in [0.1, 0.15) is 18.9 Å². The second-order valence-corrected chi connectivity index (χ2v) is 7.97. The smallest absolute Gasteiger partial charge is 0.326 e. The van der Waals surface area contributed by atoms with Crippen LogP contribution in [-0.2, 0) is 32.1 Å². The average molecular weight is 411 g/mol. The Morgan fingerprint density at radius 1 is 1.15 bits per heavy atom. The summed E-state index contributed by atoms with van der Waals surface area (Å²) in [4.78, 5) is 11.7. The number of anilines is 1. The topological polar surface area (TPSA) is 98.9 Å². The van der Waals surface area contributed by atoms with Gasteiger partial charge in [0.05, 0.1) is 12.8 Å². The Hall–Kier alpha value is -2.23. The molecular formula is C18H22N2O5S2. The molecule has 0 aliphatic rings. The van der Waals surface area contributed by atoms with Crippen LogP contribution in [0.2, 0.25) is 0 Å². The van der Waals surface area contributed by atoms with Crippen molar-refractivity contribution >= 4 is 33.6 Å². The Balaban J connectivity index is 2.41. The van der Waals surface area contributed by atoms with Crippen molar-refractivity contribution in [2.75, 3.05) is 24.2 Å². The van der Waals surface area contributed by atoms with Gasteiger partial charge in [-0.05, 0) is 29.5 Å². The number of rotatable bonds is 9. The molecule has 7 nitrogen and oxygen atoms in total. The third kappa shape index (κ3) is 6.16. The van der Waals surface area contributed by atoms with Crippen LogP contribution < -0.4 is 14.2 Å². The zero-order valence-corrected chi connectivity index (χ0v) is 16.8. The maximum Gasteiger partial charge on any atom is 0.326 e. The van der Waals surface area contributed by atoms with Gasteiger partial charge >= 0.3 is 5.97 Å². The molecule has 0 bridgehead atoms. The van der Waals surface area contributed by atoms with Crippen molar-refractivity contribution in [3.8, 4) is 5.75 Å². The summed E-state index contributed by atoms with van der Waals surface area (Å²) in [5, 5.41) is 5.32. The van der Waals surface area contributed by atoms with Crippen molar-refractivity contribution in [3.05, 3.63) is 59.7 Å². The summed E-state index contributed by atoms with van der Waals surface area (Å²) in [6.07, 6.45) is 1.96. The largest absolute Gasteiger partial charge is 0.487 e. The first-order valence-corrected chi connectivity index (χ1v) is 10.9. The quantitative estimate of drug-likeness (QED) is 0.637. The molecule has 2 rings (SSSR count). The SMILES string of the molecule is COC(=O)CN(c1ccc(CSC)cc1OCc1ccccc1)S(N)(=O)=O. The second kappa shape index (κ2) is 9.63. The predicted molar refractivity (Wildman–Crippen MR) is 107 cm³/mol. The van der Waals surface area contributed by atoms with E-state index in [0.29, 0.717) is 5.75 Å². The first-order valence-electron chi connectivity index (χ1n) is 8.01. The molecule has 27 heavy (non-hydrogen) atoms. The fourth-order valence-corrected chi connectivity index (χ4v) is 3.59. The minimum absolute atomic E-state index is 0.184. The van der Waals surface area contributed by atoms with Crippen molar-refractivity contribution in [1.82, 2.24) is 0 Å². The summed E-state index contributed by atoms with van der Waals surface area (Å²) < 4.78 is 35.4. The summed E-state index contributed by atoms with van der Waals surface area (Å²) >= 11 is 1.63. The summed E-state index contributed by atoms with van der Waals surface area (Å²) in [7, 11) is -3.03. The third-order valence-corrected chi connectivity index (χ3v) is 5.21. The van der Waals surface area contributed by atoms with Crippen LogP contribution in [0.15, 0.2) is 48.5 Å². The summed E-state index contributed by atoms with van der Waals surface area (Å²) in [5.41, 5.74) is 2.07. The van der Waals surface area contributed by atoms with E-state index in [0.717, 1.165) is 21.2 Å². The van der Waals surface area contributed by atoms with Crippen LogP contribution in [0.4, 0.5) is 5.69 Å². The van der Waals surface area contributed by atoms with Gasteiger partial charge in [0.25, 0.3) is 10.2 Å². The summed E-state index contributed by atoms with van der Waals surface area (Å²) in [6, 6.07) is 14.6. The molecule has 9 heteroatoms. The van der Waals surface area contributed by atoms with Crippen LogP contribution in [0.5, 0.6) is 5.75 Å². The fourth-order valence-electron chi connectivity index (χ4n) is 2.37. The van der Waals surface area contributed by atoms with Crippen LogP contribution in [-0.4, -0.2) is 34.3 Å². The van der Waals surface area contributed by atoms with E-state index >= 15 is 0 Å². The Morgan fingerprint density at radius 2 is 1.85 bits per heavy atom. The molecule has 0 saturated carbocycles. The maximum atomic E-state index is 12.1. The number of carbonyl (C=O) groups excluding carboxylic acids is 1. The number of nitrogens with two attached hydrogens (primary N) is 1. The predicted octanol–water partition coefficient (Wildman–Crippen LogP) is 2.31. The number of carbonyl (C=O) groups is 1. The van der Waals surface area contributed by atoms with Gasteiger partial charge in [-0.15, -0.1) is 0 Å². The van der Waals surface area contributed by atoms with Gasteiger partial charge in [-0.2, -0.15) is 20.2 Å². The number of methoxy groups -OCH3 is 1. The molecule has 0 fully saturated rings. The molecule has 0 heterocycles. The normalized spacial score (nSPS) is 11.1. The third-order valence-electron chi connectivity index (χ3n) is 3.65. The molecule has 2 N–H and O–H groups in total. The van der Waals surface area contributed by atoms with Gasteiger partial charge in [-0.25, -0.2) is 9.44 Å². The van der Waals surface area contributed by atoms with Gasteiger partial charge in [-0.3, -0.25) is 4.79 Å². The maximum absolute atomic E-state index is 12.1. The van der Waals surface area contributed by atoms with E-state index in [-0.39, 0.29) is 12.3 Å². The lowest BCUT2D eigenvalue weighted by molar-refractivity contribution is -0.138. The molecule has 0 atom stereocenters. The highest BCUT2D eigenvalue weighted by Gasteiger charge is 2.25. The van der Waals surface area contributed by atoms with Gasteiger partial charge in [0.15, 0.2) is 0 Å². The van der Waals surface area contributed by atoms with E-state index in [1.54, 1.807) is 30.0 Å². The first-order chi connectivity index (χ1) is 12.8. The van der Waals surface area contributed by atoms with Crippen molar-refractivity contribution < 1.29 is 22.7 Å². The minimum Gasteiger partial charge on any atom is -0.487 e. The van der Waals surface area contributed by atoms with Crippen molar-refractivity contribution in [2.45, 2.75) is 12.4 Å². The Kier molecular flexibility index (Phi) is 7.52. The monoisotopic (exact) mass is 410 g/mol. The van der Waals surface area contributed by atoms with E-state index in [2.05, 4.69) is 4.74 Å². The second-order valence-electron chi connectivity index (χ2n) is 5.64. The van der Waals surface area contributed by atoms with Crippen LogP contribution in [0.3, 0.4) is 0 Å². The van der Waals surface area contributed by atoms with E-state index in [1.165, 1.54) is 7.11 Å². The number of thioether (sulfide) groups is 1. The highest BCUT2D eigenvalue weighted by atomic mass is 32.2. The fraction of sp³-hybridized carbons (Fsp3) is 0.278. The molecule has 0 aliphatic carbocycles. The number of hydrogen-bond donors (Lipinski definition) is 1. The van der Waals surface area contributed by atoms with Crippen LogP contribution in [0, 0.1) is 0 Å². The first kappa shape index (κ1) is 21.1. The molecule has 0 unspecified atom stereocenters. The number of hydrogen-bond acceptors (Lipinski definition) is 6. The van der Waals surface area contributed by atoms with Gasteiger partial charge in [0, 0.05) is 5.75 Å². The lowest BCUT2D eigenvalue weighted by atomic mass is 10.2. The molecule has 2 aromatic rings. The highest BCUT2D eigenvalue weighted by molar-refractivity contribution is 7.97.